The van der Waals surface area contributed by atoms with E-state index in [1.165, 1.54) is 0 Å². The Morgan fingerprint density at radius 2 is 1.90 bits per heavy atom. The van der Waals surface area contributed by atoms with Gasteiger partial charge in [0.1, 0.15) is 5.52 Å². The highest BCUT2D eigenvalue weighted by Gasteiger charge is 2.11. The second-order valence-electron chi connectivity index (χ2n) is 4.58. The molecule has 2 aromatic heterocycles. The van der Waals surface area contributed by atoms with E-state index in [1.807, 2.05) is 16.7 Å². The number of Topliss-reactive ketones (excluding diaryl/α,β-unsaturated/α-hetero) is 1. The molecular formula is C14H10Cl2N4O. The summed E-state index contributed by atoms with van der Waals surface area (Å²) in [7, 11) is 0. The van der Waals surface area contributed by atoms with Crippen LogP contribution in [-0.4, -0.2) is 25.3 Å². The van der Waals surface area contributed by atoms with Gasteiger partial charge in [0.05, 0.1) is 6.33 Å². The quantitative estimate of drug-likeness (QED) is 0.421. The van der Waals surface area contributed by atoms with Gasteiger partial charge in [-0.05, 0) is 24.1 Å². The Balaban J connectivity index is 1.96. The molecule has 0 fully saturated rings. The van der Waals surface area contributed by atoms with Crippen molar-refractivity contribution in [3.05, 3.63) is 52.2 Å². The fourth-order valence-electron chi connectivity index (χ4n) is 2.07. The molecule has 0 aliphatic rings. The molecule has 0 radical (unpaired) electrons. The Morgan fingerprint density at radius 1 is 1.19 bits per heavy atom. The van der Waals surface area contributed by atoms with E-state index in [0.717, 1.165) is 5.56 Å². The molecule has 0 saturated heterocycles. The maximum Gasteiger partial charge on any atom is 0.225 e. The number of imidazole rings is 1. The average Bonchev–Trinajstić information content (AvgIpc) is 2.82. The number of hydrogen-bond acceptors (Lipinski definition) is 4. The van der Waals surface area contributed by atoms with Gasteiger partial charge in [-0.1, -0.05) is 35.9 Å². The van der Waals surface area contributed by atoms with Crippen LogP contribution in [0.5, 0.6) is 0 Å². The maximum atomic E-state index is 11.3. The molecule has 0 bridgehead atoms. The number of aromatic nitrogens is 4. The van der Waals surface area contributed by atoms with Crippen LogP contribution in [0.4, 0.5) is 0 Å². The topological polar surface area (TPSA) is 60.7 Å². The number of rotatable bonds is 3. The molecule has 5 nitrogen and oxygen atoms in total. The smallest absolute Gasteiger partial charge is 0.225 e. The van der Waals surface area contributed by atoms with Gasteiger partial charge < -0.3 is 4.57 Å². The minimum absolute atomic E-state index is 0.0423. The van der Waals surface area contributed by atoms with E-state index in [-0.39, 0.29) is 16.2 Å². The fourth-order valence-corrected chi connectivity index (χ4v) is 2.55. The first kappa shape index (κ1) is 14.0. The molecule has 0 atom stereocenters. The third-order valence-corrected chi connectivity index (χ3v) is 3.55. The molecule has 1 aromatic carbocycles. The highest BCUT2D eigenvalue weighted by molar-refractivity contribution is 6.35. The predicted octanol–water partition coefficient (Wildman–Crippen LogP) is 3.38. The number of fused-ring (bicyclic) bond motifs is 1. The van der Waals surface area contributed by atoms with Gasteiger partial charge in [-0.2, -0.15) is 4.98 Å². The van der Waals surface area contributed by atoms with E-state index in [1.54, 1.807) is 25.4 Å². The maximum absolute atomic E-state index is 11.3. The summed E-state index contributed by atoms with van der Waals surface area (Å²) < 4.78 is 1.84. The minimum Gasteiger partial charge on any atom is -0.322 e. The first-order chi connectivity index (χ1) is 10.0. The van der Waals surface area contributed by atoms with Crippen molar-refractivity contribution >= 4 is 40.1 Å². The largest absolute Gasteiger partial charge is 0.322 e. The molecule has 0 amide bonds. The van der Waals surface area contributed by atoms with Gasteiger partial charge in [0.2, 0.25) is 5.28 Å². The van der Waals surface area contributed by atoms with Crippen molar-refractivity contribution in [3.63, 3.8) is 0 Å². The van der Waals surface area contributed by atoms with Gasteiger partial charge in [-0.15, -0.1) is 0 Å². The standard InChI is InChI=1S/C14H10Cl2N4O/c1-8(21)10-4-2-9(3-5-10)6-20-7-17-13-11(20)12(15)18-14(16)19-13/h2-5,7H,6H2,1H3. The Bertz CT molecular complexity index is 827. The molecule has 0 aliphatic heterocycles. The first-order valence-corrected chi connectivity index (χ1v) is 6.94. The number of halogens is 2. The lowest BCUT2D eigenvalue weighted by molar-refractivity contribution is 0.101. The lowest BCUT2D eigenvalue weighted by Gasteiger charge is -2.06. The summed E-state index contributed by atoms with van der Waals surface area (Å²) in [4.78, 5) is 23.4. The van der Waals surface area contributed by atoms with Crippen LogP contribution in [0.3, 0.4) is 0 Å². The Morgan fingerprint density at radius 3 is 2.57 bits per heavy atom. The van der Waals surface area contributed by atoms with Crippen molar-refractivity contribution in [1.29, 1.82) is 0 Å². The van der Waals surface area contributed by atoms with Crippen molar-refractivity contribution in [2.45, 2.75) is 13.5 Å². The van der Waals surface area contributed by atoms with Crippen LogP contribution in [0.15, 0.2) is 30.6 Å². The summed E-state index contributed by atoms with van der Waals surface area (Å²) in [5.41, 5.74) is 2.80. The summed E-state index contributed by atoms with van der Waals surface area (Å²) >= 11 is 11.9. The zero-order valence-electron chi connectivity index (χ0n) is 11.0. The summed E-state index contributed by atoms with van der Waals surface area (Å²) in [5.74, 6) is 0.0423. The van der Waals surface area contributed by atoms with Crippen LogP contribution in [0.25, 0.3) is 11.2 Å². The minimum atomic E-state index is 0.0423. The van der Waals surface area contributed by atoms with Crippen LogP contribution < -0.4 is 0 Å². The van der Waals surface area contributed by atoms with Gasteiger partial charge >= 0.3 is 0 Å². The molecular weight excluding hydrogens is 311 g/mol. The zero-order valence-corrected chi connectivity index (χ0v) is 12.6. The van der Waals surface area contributed by atoms with Gasteiger partial charge in [-0.25, -0.2) is 9.97 Å². The summed E-state index contributed by atoms with van der Waals surface area (Å²) in [6, 6.07) is 7.39. The van der Waals surface area contributed by atoms with E-state index >= 15 is 0 Å². The van der Waals surface area contributed by atoms with E-state index < -0.39 is 0 Å². The Hall–Kier alpha value is -1.98. The number of ketones is 1. The highest BCUT2D eigenvalue weighted by atomic mass is 35.5. The molecule has 3 rings (SSSR count). The van der Waals surface area contributed by atoms with E-state index in [2.05, 4.69) is 15.0 Å². The Labute approximate surface area is 130 Å². The van der Waals surface area contributed by atoms with E-state index in [0.29, 0.717) is 23.3 Å². The van der Waals surface area contributed by atoms with Crippen molar-refractivity contribution < 1.29 is 4.79 Å². The van der Waals surface area contributed by atoms with Gasteiger partial charge in [0.25, 0.3) is 0 Å². The number of carbonyl (C=O) groups is 1. The fraction of sp³-hybridized carbons (Fsp3) is 0.143. The molecule has 2 heterocycles. The predicted molar refractivity (Wildman–Crippen MR) is 80.9 cm³/mol. The van der Waals surface area contributed by atoms with Crippen molar-refractivity contribution in [1.82, 2.24) is 19.5 Å². The van der Waals surface area contributed by atoms with Crippen LogP contribution in [-0.2, 0) is 6.54 Å². The van der Waals surface area contributed by atoms with Crippen molar-refractivity contribution in [3.8, 4) is 0 Å². The molecule has 21 heavy (non-hydrogen) atoms. The van der Waals surface area contributed by atoms with Crippen LogP contribution >= 0.6 is 23.2 Å². The lowest BCUT2D eigenvalue weighted by atomic mass is 10.1. The molecule has 0 unspecified atom stereocenters. The third kappa shape index (κ3) is 2.75. The second-order valence-corrected chi connectivity index (χ2v) is 5.28. The molecule has 0 spiro atoms. The van der Waals surface area contributed by atoms with Crippen molar-refractivity contribution in [2.24, 2.45) is 0 Å². The van der Waals surface area contributed by atoms with Crippen LogP contribution in [0, 0.1) is 0 Å². The van der Waals surface area contributed by atoms with E-state index in [4.69, 9.17) is 23.2 Å². The van der Waals surface area contributed by atoms with E-state index in [9.17, 15) is 4.79 Å². The molecule has 7 heteroatoms. The molecule has 3 aromatic rings. The normalized spacial score (nSPS) is 11.0. The van der Waals surface area contributed by atoms with Crippen LogP contribution in [0.1, 0.15) is 22.8 Å². The lowest BCUT2D eigenvalue weighted by Crippen LogP contribution is -2.00. The third-order valence-electron chi connectivity index (χ3n) is 3.12. The zero-order chi connectivity index (χ0) is 15.0. The monoisotopic (exact) mass is 320 g/mol. The second kappa shape index (κ2) is 5.42. The molecule has 0 aliphatic carbocycles. The van der Waals surface area contributed by atoms with Crippen LogP contribution in [0.2, 0.25) is 10.4 Å². The molecule has 0 N–H and O–H groups in total. The SMILES string of the molecule is CC(=O)c1ccc(Cn2cnc3nc(Cl)nc(Cl)c32)cc1. The number of benzene rings is 1. The molecule has 106 valence electrons. The number of hydrogen-bond donors (Lipinski definition) is 0. The van der Waals surface area contributed by atoms with Gasteiger partial charge in [0, 0.05) is 12.1 Å². The van der Waals surface area contributed by atoms with Gasteiger partial charge in [-0.3, -0.25) is 4.79 Å². The van der Waals surface area contributed by atoms with Crippen molar-refractivity contribution in [2.75, 3.05) is 0 Å². The summed E-state index contributed by atoms with van der Waals surface area (Å²) in [6.07, 6.45) is 1.64. The number of nitrogens with zero attached hydrogens (tertiary/aromatic N) is 4. The first-order valence-electron chi connectivity index (χ1n) is 6.18. The van der Waals surface area contributed by atoms with Gasteiger partial charge in [0.15, 0.2) is 16.6 Å². The number of carbonyl (C=O) groups excluding carboxylic acids is 1. The highest BCUT2D eigenvalue weighted by Crippen LogP contribution is 2.22. The summed E-state index contributed by atoms with van der Waals surface area (Å²) in [6.45, 7) is 2.10. The Kier molecular flexibility index (Phi) is 3.61. The average molecular weight is 321 g/mol. The summed E-state index contributed by atoms with van der Waals surface area (Å²) in [5, 5.41) is 0.339. The molecule has 0 saturated carbocycles.